The second kappa shape index (κ2) is 6.67. The number of aryl methyl sites for hydroxylation is 1. The molecule has 0 saturated carbocycles. The number of hydrogen-bond acceptors (Lipinski definition) is 3. The van der Waals surface area contributed by atoms with E-state index < -0.39 is 0 Å². The second-order valence-electron chi connectivity index (χ2n) is 6.68. The van der Waals surface area contributed by atoms with Crippen LogP contribution in [0.4, 0.5) is 0 Å². The van der Waals surface area contributed by atoms with Gasteiger partial charge in [-0.1, -0.05) is 31.2 Å². The monoisotopic (exact) mass is 334 g/mol. The summed E-state index contributed by atoms with van der Waals surface area (Å²) in [5.74, 6) is 0.0989. The highest BCUT2D eigenvalue weighted by Crippen LogP contribution is 2.25. The first-order valence-corrected chi connectivity index (χ1v) is 8.93. The van der Waals surface area contributed by atoms with Crippen molar-refractivity contribution >= 4 is 11.6 Å². The molecule has 1 unspecified atom stereocenters. The Morgan fingerprint density at radius 2 is 2.08 bits per heavy atom. The van der Waals surface area contributed by atoms with Gasteiger partial charge in [0.05, 0.1) is 5.56 Å². The molecule has 0 saturated heterocycles. The van der Waals surface area contributed by atoms with E-state index >= 15 is 0 Å². The molecule has 128 valence electrons. The SMILES string of the molecule is CCCN(C(=O)c1ccc2nncn2c1)C1CCc2ccccc2C1. The molecule has 5 nitrogen and oxygen atoms in total. The van der Waals surface area contributed by atoms with Crippen molar-refractivity contribution in [1.82, 2.24) is 19.5 Å². The maximum atomic E-state index is 13.2. The summed E-state index contributed by atoms with van der Waals surface area (Å²) in [6, 6.07) is 12.6. The topological polar surface area (TPSA) is 50.5 Å². The van der Waals surface area contributed by atoms with Gasteiger partial charge in [0.1, 0.15) is 6.33 Å². The summed E-state index contributed by atoms with van der Waals surface area (Å²) in [7, 11) is 0. The Bertz CT molecular complexity index is 901. The second-order valence-corrected chi connectivity index (χ2v) is 6.68. The third-order valence-corrected chi connectivity index (χ3v) is 5.02. The van der Waals surface area contributed by atoms with Gasteiger partial charge in [-0.15, -0.1) is 10.2 Å². The van der Waals surface area contributed by atoms with Gasteiger partial charge in [-0.25, -0.2) is 0 Å². The number of carbonyl (C=O) groups is 1. The van der Waals surface area contributed by atoms with Gasteiger partial charge in [0.25, 0.3) is 5.91 Å². The molecular formula is C20H22N4O. The van der Waals surface area contributed by atoms with Crippen LogP contribution >= 0.6 is 0 Å². The standard InChI is InChI=1S/C20H22N4O/c1-2-11-24(18-9-7-15-5-3-4-6-16(15)12-18)20(25)17-8-10-19-22-21-14-23(19)13-17/h3-6,8,10,13-14,18H,2,7,9,11-12H2,1H3. The Labute approximate surface area is 147 Å². The lowest BCUT2D eigenvalue weighted by Crippen LogP contribution is -2.44. The number of amides is 1. The van der Waals surface area contributed by atoms with Gasteiger partial charge in [0.2, 0.25) is 0 Å². The van der Waals surface area contributed by atoms with Crippen LogP contribution in [-0.2, 0) is 12.8 Å². The van der Waals surface area contributed by atoms with Crippen molar-refractivity contribution in [3.63, 3.8) is 0 Å². The van der Waals surface area contributed by atoms with E-state index in [0.717, 1.165) is 37.9 Å². The third kappa shape index (κ3) is 3.02. The Balaban J connectivity index is 1.61. The number of benzene rings is 1. The molecule has 25 heavy (non-hydrogen) atoms. The van der Waals surface area contributed by atoms with E-state index in [4.69, 9.17) is 0 Å². The number of rotatable bonds is 4. The van der Waals surface area contributed by atoms with E-state index in [1.54, 1.807) is 10.7 Å². The average molecular weight is 334 g/mol. The highest BCUT2D eigenvalue weighted by molar-refractivity contribution is 5.94. The molecule has 0 bridgehead atoms. The molecule has 0 N–H and O–H groups in total. The van der Waals surface area contributed by atoms with E-state index in [1.807, 2.05) is 18.3 Å². The van der Waals surface area contributed by atoms with Crippen LogP contribution in [-0.4, -0.2) is 38.0 Å². The fraction of sp³-hybridized carbons (Fsp3) is 0.350. The van der Waals surface area contributed by atoms with Crippen molar-refractivity contribution in [3.05, 3.63) is 65.6 Å². The molecule has 2 heterocycles. The smallest absolute Gasteiger partial charge is 0.255 e. The molecule has 0 spiro atoms. The van der Waals surface area contributed by atoms with Crippen LogP contribution in [0, 0.1) is 0 Å². The number of carbonyl (C=O) groups excluding carboxylic acids is 1. The van der Waals surface area contributed by atoms with Crippen LogP contribution in [0.1, 0.15) is 41.3 Å². The highest BCUT2D eigenvalue weighted by Gasteiger charge is 2.28. The van der Waals surface area contributed by atoms with Gasteiger partial charge in [0.15, 0.2) is 5.65 Å². The largest absolute Gasteiger partial charge is 0.335 e. The molecule has 2 aromatic heterocycles. The normalized spacial score (nSPS) is 16.6. The van der Waals surface area contributed by atoms with Crippen LogP contribution in [0.2, 0.25) is 0 Å². The Hall–Kier alpha value is -2.69. The molecule has 3 aromatic rings. The Morgan fingerprint density at radius 3 is 2.92 bits per heavy atom. The van der Waals surface area contributed by atoms with Crippen molar-refractivity contribution in [3.8, 4) is 0 Å². The van der Waals surface area contributed by atoms with Crippen LogP contribution < -0.4 is 0 Å². The van der Waals surface area contributed by atoms with E-state index in [2.05, 4.69) is 46.3 Å². The maximum absolute atomic E-state index is 13.2. The molecule has 1 amide bonds. The maximum Gasteiger partial charge on any atom is 0.255 e. The molecule has 1 aliphatic carbocycles. The van der Waals surface area contributed by atoms with E-state index in [9.17, 15) is 4.79 Å². The fourth-order valence-electron chi connectivity index (χ4n) is 3.76. The predicted octanol–water partition coefficient (Wildman–Crippen LogP) is 3.14. The minimum Gasteiger partial charge on any atom is -0.335 e. The summed E-state index contributed by atoms with van der Waals surface area (Å²) in [6.07, 6.45) is 7.43. The first-order valence-electron chi connectivity index (χ1n) is 8.93. The van der Waals surface area contributed by atoms with Gasteiger partial charge in [-0.3, -0.25) is 9.20 Å². The van der Waals surface area contributed by atoms with E-state index in [-0.39, 0.29) is 11.9 Å². The minimum absolute atomic E-state index is 0.0989. The Morgan fingerprint density at radius 1 is 1.24 bits per heavy atom. The molecule has 4 rings (SSSR count). The predicted molar refractivity (Wildman–Crippen MR) is 96.6 cm³/mol. The molecule has 0 aliphatic heterocycles. The van der Waals surface area contributed by atoms with Crippen molar-refractivity contribution in [2.75, 3.05) is 6.54 Å². The fourth-order valence-corrected chi connectivity index (χ4v) is 3.76. The minimum atomic E-state index is 0.0989. The summed E-state index contributed by atoms with van der Waals surface area (Å²) < 4.78 is 1.80. The van der Waals surface area contributed by atoms with Crippen LogP contribution in [0.15, 0.2) is 48.9 Å². The lowest BCUT2D eigenvalue weighted by atomic mass is 9.87. The van der Waals surface area contributed by atoms with Gasteiger partial charge in [-0.2, -0.15) is 0 Å². The summed E-state index contributed by atoms with van der Waals surface area (Å²) in [5, 5.41) is 7.89. The number of aromatic nitrogens is 3. The van der Waals surface area contributed by atoms with Crippen molar-refractivity contribution in [1.29, 1.82) is 0 Å². The van der Waals surface area contributed by atoms with Gasteiger partial charge < -0.3 is 4.90 Å². The lowest BCUT2D eigenvalue weighted by Gasteiger charge is -2.35. The van der Waals surface area contributed by atoms with E-state index in [1.165, 1.54) is 11.1 Å². The number of nitrogens with zero attached hydrogens (tertiary/aromatic N) is 4. The van der Waals surface area contributed by atoms with Crippen molar-refractivity contribution in [2.45, 2.75) is 38.6 Å². The Kier molecular flexibility index (Phi) is 4.22. The van der Waals surface area contributed by atoms with Gasteiger partial charge in [-0.05, 0) is 48.9 Å². The number of pyridine rings is 1. The molecule has 0 radical (unpaired) electrons. The van der Waals surface area contributed by atoms with E-state index in [0.29, 0.717) is 5.56 Å². The third-order valence-electron chi connectivity index (χ3n) is 5.02. The van der Waals surface area contributed by atoms with Crippen LogP contribution in [0.5, 0.6) is 0 Å². The first kappa shape index (κ1) is 15.8. The van der Waals surface area contributed by atoms with Crippen molar-refractivity contribution < 1.29 is 4.79 Å². The van der Waals surface area contributed by atoms with Gasteiger partial charge >= 0.3 is 0 Å². The zero-order valence-corrected chi connectivity index (χ0v) is 14.4. The zero-order valence-electron chi connectivity index (χ0n) is 14.4. The van der Waals surface area contributed by atoms with Gasteiger partial charge in [0, 0.05) is 18.8 Å². The number of hydrogen-bond donors (Lipinski definition) is 0. The molecule has 1 atom stereocenters. The molecule has 0 fully saturated rings. The quantitative estimate of drug-likeness (QED) is 0.736. The lowest BCUT2D eigenvalue weighted by molar-refractivity contribution is 0.0661. The summed E-state index contributed by atoms with van der Waals surface area (Å²) in [5.41, 5.74) is 4.25. The molecular weight excluding hydrogens is 312 g/mol. The number of fused-ring (bicyclic) bond motifs is 2. The molecule has 5 heteroatoms. The van der Waals surface area contributed by atoms with Crippen molar-refractivity contribution in [2.24, 2.45) is 0 Å². The average Bonchev–Trinajstić information content (AvgIpc) is 3.13. The highest BCUT2D eigenvalue weighted by atomic mass is 16.2. The molecule has 1 aliphatic rings. The summed E-state index contributed by atoms with van der Waals surface area (Å²) in [4.78, 5) is 15.2. The van der Waals surface area contributed by atoms with Crippen LogP contribution in [0.3, 0.4) is 0 Å². The summed E-state index contributed by atoms with van der Waals surface area (Å²) >= 11 is 0. The summed E-state index contributed by atoms with van der Waals surface area (Å²) in [6.45, 7) is 2.91. The molecule has 1 aromatic carbocycles. The first-order chi connectivity index (χ1) is 12.3. The zero-order chi connectivity index (χ0) is 17.2. The van der Waals surface area contributed by atoms with Crippen LogP contribution in [0.25, 0.3) is 5.65 Å².